The molecule has 1 N–H and O–H groups in total. The van der Waals surface area contributed by atoms with E-state index in [2.05, 4.69) is 26.2 Å². The maximum atomic E-state index is 14.4. The first-order chi connectivity index (χ1) is 11.4. The molecule has 124 valence electrons. The number of nitrogens with one attached hydrogen (secondary N) is 1. The second-order valence-electron chi connectivity index (χ2n) is 5.85. The van der Waals surface area contributed by atoms with Gasteiger partial charge in [0.2, 0.25) is 0 Å². The number of nitrogens with zero attached hydrogens (tertiary/aromatic N) is 3. The molecule has 3 rings (SSSR count). The van der Waals surface area contributed by atoms with Gasteiger partial charge in [-0.3, -0.25) is 0 Å². The average Bonchev–Trinajstić information content (AvgIpc) is 3.32. The standard InChI is InChI=1S/C16H14BrFN4O2/c1-8-12(7-19)14(11-6-9(17)2-5-13(11)18)22(15(23)20-8)16(24)21-10-3-4-10/h2,5-6,10,12,14H,3-4H2,1H3,(H,21,24). The summed E-state index contributed by atoms with van der Waals surface area (Å²) in [5.41, 5.74) is 0.367. The van der Waals surface area contributed by atoms with E-state index in [9.17, 15) is 19.2 Å². The number of rotatable bonds is 2. The highest BCUT2D eigenvalue weighted by Gasteiger charge is 2.44. The van der Waals surface area contributed by atoms with E-state index in [1.54, 1.807) is 0 Å². The number of benzene rings is 1. The van der Waals surface area contributed by atoms with Crippen molar-refractivity contribution in [3.05, 3.63) is 34.1 Å². The van der Waals surface area contributed by atoms with Crippen molar-refractivity contribution in [1.82, 2.24) is 10.2 Å². The Bertz CT molecular complexity index is 785. The molecule has 2 aliphatic rings. The van der Waals surface area contributed by atoms with Crippen molar-refractivity contribution in [2.24, 2.45) is 10.9 Å². The summed E-state index contributed by atoms with van der Waals surface area (Å²) >= 11 is 3.26. The van der Waals surface area contributed by atoms with Gasteiger partial charge in [-0.25, -0.2) is 23.9 Å². The van der Waals surface area contributed by atoms with Gasteiger partial charge in [0, 0.05) is 21.8 Å². The largest absolute Gasteiger partial charge is 0.352 e. The Labute approximate surface area is 146 Å². The molecular formula is C16H14BrFN4O2. The molecule has 6 nitrogen and oxygen atoms in total. The third kappa shape index (κ3) is 3.04. The van der Waals surface area contributed by atoms with E-state index in [0.29, 0.717) is 4.47 Å². The Morgan fingerprint density at radius 3 is 2.83 bits per heavy atom. The smallest absolute Gasteiger partial charge is 0.335 e. The van der Waals surface area contributed by atoms with Crippen molar-refractivity contribution in [3.8, 4) is 6.07 Å². The van der Waals surface area contributed by atoms with E-state index >= 15 is 0 Å². The zero-order valence-electron chi connectivity index (χ0n) is 12.8. The van der Waals surface area contributed by atoms with Crippen LogP contribution in [-0.4, -0.2) is 28.7 Å². The number of nitriles is 1. The minimum Gasteiger partial charge on any atom is -0.335 e. The number of amides is 4. The number of hydrogen-bond donors (Lipinski definition) is 1. The predicted molar refractivity (Wildman–Crippen MR) is 87.8 cm³/mol. The minimum atomic E-state index is -1.06. The highest BCUT2D eigenvalue weighted by Crippen LogP contribution is 2.36. The van der Waals surface area contributed by atoms with Crippen LogP contribution < -0.4 is 5.32 Å². The van der Waals surface area contributed by atoms with Gasteiger partial charge in [0.1, 0.15) is 11.7 Å². The number of carbonyl (C=O) groups is 2. The molecule has 8 heteroatoms. The summed E-state index contributed by atoms with van der Waals surface area (Å²) in [6.07, 6.45) is 1.68. The molecule has 2 atom stereocenters. The lowest BCUT2D eigenvalue weighted by atomic mass is 9.88. The second kappa shape index (κ2) is 6.32. The van der Waals surface area contributed by atoms with Crippen molar-refractivity contribution in [3.63, 3.8) is 0 Å². The number of aliphatic imine (C=N–C) groups is 1. The first-order valence-electron chi connectivity index (χ1n) is 7.46. The molecule has 0 radical (unpaired) electrons. The SMILES string of the molecule is CC1=NC(=O)N(C(=O)NC2CC2)C(c2cc(Br)ccc2F)C1C#N. The van der Waals surface area contributed by atoms with Crippen molar-refractivity contribution >= 4 is 33.7 Å². The summed E-state index contributed by atoms with van der Waals surface area (Å²) in [5, 5.41) is 12.2. The summed E-state index contributed by atoms with van der Waals surface area (Å²) in [7, 11) is 0. The lowest BCUT2D eigenvalue weighted by Gasteiger charge is -2.35. The van der Waals surface area contributed by atoms with E-state index < -0.39 is 29.8 Å². The van der Waals surface area contributed by atoms with Crippen LogP contribution in [0.3, 0.4) is 0 Å². The van der Waals surface area contributed by atoms with Gasteiger partial charge >= 0.3 is 12.1 Å². The zero-order valence-corrected chi connectivity index (χ0v) is 14.4. The van der Waals surface area contributed by atoms with Gasteiger partial charge in [-0.1, -0.05) is 15.9 Å². The number of carbonyl (C=O) groups excluding carboxylic acids is 2. The van der Waals surface area contributed by atoms with Crippen LogP contribution in [0.2, 0.25) is 0 Å². The lowest BCUT2D eigenvalue weighted by Crippen LogP contribution is -2.51. The van der Waals surface area contributed by atoms with E-state index in [-0.39, 0.29) is 17.3 Å². The fourth-order valence-electron chi connectivity index (χ4n) is 2.68. The second-order valence-corrected chi connectivity index (χ2v) is 6.76. The quantitative estimate of drug-likeness (QED) is 0.834. The van der Waals surface area contributed by atoms with Crippen molar-refractivity contribution in [2.45, 2.75) is 31.8 Å². The molecule has 1 aromatic rings. The summed E-state index contributed by atoms with van der Waals surface area (Å²) in [6, 6.07) is 3.78. The van der Waals surface area contributed by atoms with Gasteiger partial charge in [0.15, 0.2) is 0 Å². The van der Waals surface area contributed by atoms with Crippen LogP contribution in [0.5, 0.6) is 0 Å². The summed E-state index contributed by atoms with van der Waals surface area (Å²) in [4.78, 5) is 29.4. The third-order valence-electron chi connectivity index (χ3n) is 4.06. The van der Waals surface area contributed by atoms with Crippen molar-refractivity contribution in [1.29, 1.82) is 5.26 Å². The van der Waals surface area contributed by atoms with Crippen LogP contribution >= 0.6 is 15.9 Å². The molecule has 0 saturated heterocycles. The molecule has 1 aliphatic heterocycles. The van der Waals surface area contributed by atoms with E-state index in [1.807, 2.05) is 6.07 Å². The molecule has 1 aliphatic carbocycles. The Hall–Kier alpha value is -2.27. The molecule has 0 aromatic heterocycles. The Morgan fingerprint density at radius 2 is 2.21 bits per heavy atom. The molecule has 1 fully saturated rings. The topological polar surface area (TPSA) is 85.6 Å². The van der Waals surface area contributed by atoms with Crippen molar-refractivity contribution < 1.29 is 14.0 Å². The molecule has 1 heterocycles. The van der Waals surface area contributed by atoms with Crippen molar-refractivity contribution in [2.75, 3.05) is 0 Å². The van der Waals surface area contributed by atoms with Gasteiger partial charge in [-0.05, 0) is 38.0 Å². The first kappa shape index (κ1) is 16.6. The molecule has 0 spiro atoms. The van der Waals surface area contributed by atoms with Gasteiger partial charge in [0.25, 0.3) is 0 Å². The maximum Gasteiger partial charge on any atom is 0.352 e. The monoisotopic (exact) mass is 392 g/mol. The van der Waals surface area contributed by atoms with E-state index in [4.69, 9.17) is 0 Å². The normalized spacial score (nSPS) is 23.5. The Kier molecular flexibility index (Phi) is 4.37. The van der Waals surface area contributed by atoms with Gasteiger partial charge in [-0.15, -0.1) is 0 Å². The van der Waals surface area contributed by atoms with Crippen LogP contribution in [0.15, 0.2) is 27.7 Å². The highest BCUT2D eigenvalue weighted by molar-refractivity contribution is 9.10. The van der Waals surface area contributed by atoms with Crippen LogP contribution in [0.4, 0.5) is 14.0 Å². The van der Waals surface area contributed by atoms with Crippen LogP contribution in [0.1, 0.15) is 31.4 Å². The van der Waals surface area contributed by atoms with Gasteiger partial charge in [0.05, 0.1) is 12.1 Å². The first-order valence-corrected chi connectivity index (χ1v) is 8.25. The predicted octanol–water partition coefficient (Wildman–Crippen LogP) is 3.54. The van der Waals surface area contributed by atoms with Crippen LogP contribution in [0.25, 0.3) is 0 Å². The van der Waals surface area contributed by atoms with Crippen LogP contribution in [-0.2, 0) is 0 Å². The molecule has 2 unspecified atom stereocenters. The fraction of sp³-hybridized carbons (Fsp3) is 0.375. The average molecular weight is 393 g/mol. The molecule has 1 aromatic carbocycles. The number of imide groups is 1. The third-order valence-corrected chi connectivity index (χ3v) is 4.55. The fourth-order valence-corrected chi connectivity index (χ4v) is 3.06. The summed E-state index contributed by atoms with van der Waals surface area (Å²) in [5.74, 6) is -1.49. The zero-order chi connectivity index (χ0) is 17.4. The molecule has 4 amide bonds. The molecule has 1 saturated carbocycles. The molecular weight excluding hydrogens is 379 g/mol. The Morgan fingerprint density at radius 1 is 1.50 bits per heavy atom. The Balaban J connectivity index is 2.09. The van der Waals surface area contributed by atoms with Crippen LogP contribution in [0, 0.1) is 23.1 Å². The number of hydrogen-bond acceptors (Lipinski definition) is 3. The van der Waals surface area contributed by atoms with E-state index in [1.165, 1.54) is 25.1 Å². The summed E-state index contributed by atoms with van der Waals surface area (Å²) < 4.78 is 15.0. The minimum absolute atomic E-state index is 0.0193. The molecule has 0 bridgehead atoms. The number of urea groups is 2. The lowest BCUT2D eigenvalue weighted by molar-refractivity contribution is 0.165. The maximum absolute atomic E-state index is 14.4. The number of halogens is 2. The van der Waals surface area contributed by atoms with Gasteiger partial charge < -0.3 is 5.32 Å². The summed E-state index contributed by atoms with van der Waals surface area (Å²) in [6.45, 7) is 1.53. The van der Waals surface area contributed by atoms with E-state index in [0.717, 1.165) is 17.7 Å². The molecule has 24 heavy (non-hydrogen) atoms. The van der Waals surface area contributed by atoms with Gasteiger partial charge in [-0.2, -0.15) is 5.26 Å². The highest BCUT2D eigenvalue weighted by atomic mass is 79.9.